The quantitative estimate of drug-likeness (QED) is 0.550. The van der Waals surface area contributed by atoms with Crippen LogP contribution in [-0.4, -0.2) is 0 Å². The summed E-state index contributed by atoms with van der Waals surface area (Å²) in [5, 5.41) is 5.74. The molecule has 0 bridgehead atoms. The Hall–Kier alpha value is -1.52. The van der Waals surface area contributed by atoms with Gasteiger partial charge in [0.1, 0.15) is 0 Å². The van der Waals surface area contributed by atoms with E-state index < -0.39 is 0 Å². The molecule has 0 aliphatic carbocycles. The molecule has 20 heavy (non-hydrogen) atoms. The van der Waals surface area contributed by atoms with Crippen LogP contribution in [-0.2, 0) is 0 Å². The van der Waals surface area contributed by atoms with Gasteiger partial charge in [-0.05, 0) is 53.2 Å². The maximum Gasteiger partial charge on any atom is 0.0618 e. The topological polar surface area (TPSA) is 38.0 Å². The molecular formula is C16H12Br2N2. The Morgan fingerprint density at radius 3 is 2.20 bits per heavy atom. The van der Waals surface area contributed by atoms with Crippen molar-refractivity contribution in [3.05, 3.63) is 63.5 Å². The highest BCUT2D eigenvalue weighted by Crippen LogP contribution is 2.28. The van der Waals surface area contributed by atoms with Crippen LogP contribution in [0, 0.1) is 0 Å². The van der Waals surface area contributed by atoms with Crippen molar-refractivity contribution in [2.45, 2.75) is 0 Å². The third kappa shape index (κ3) is 2.81. The normalized spacial score (nSPS) is 10.7. The van der Waals surface area contributed by atoms with Gasteiger partial charge in [0.25, 0.3) is 0 Å². The first-order valence-corrected chi connectivity index (χ1v) is 7.72. The molecule has 0 saturated carbocycles. The highest BCUT2D eigenvalue weighted by Gasteiger charge is 2.02. The van der Waals surface area contributed by atoms with Crippen molar-refractivity contribution in [1.29, 1.82) is 0 Å². The van der Waals surface area contributed by atoms with Crippen LogP contribution in [0.25, 0.3) is 10.8 Å². The lowest BCUT2D eigenvalue weighted by Crippen LogP contribution is -1.96. The van der Waals surface area contributed by atoms with Gasteiger partial charge in [0.15, 0.2) is 0 Å². The molecule has 0 heterocycles. The van der Waals surface area contributed by atoms with E-state index in [4.69, 9.17) is 5.73 Å². The van der Waals surface area contributed by atoms with E-state index in [1.165, 1.54) is 10.8 Å². The van der Waals surface area contributed by atoms with Crippen LogP contribution in [0.1, 0.15) is 0 Å². The molecule has 0 aromatic heterocycles. The van der Waals surface area contributed by atoms with Gasteiger partial charge in [-0.25, -0.2) is 0 Å². The predicted octanol–water partition coefficient (Wildman–Crippen LogP) is 5.69. The molecule has 0 fully saturated rings. The Kier molecular flexibility index (Phi) is 3.68. The molecule has 100 valence electrons. The van der Waals surface area contributed by atoms with Crippen LogP contribution in [0.3, 0.4) is 0 Å². The molecule has 0 aliphatic heterocycles. The second-order valence-corrected chi connectivity index (χ2v) is 6.39. The fourth-order valence-electron chi connectivity index (χ4n) is 2.10. The van der Waals surface area contributed by atoms with E-state index in [0.29, 0.717) is 0 Å². The third-order valence-electron chi connectivity index (χ3n) is 3.09. The lowest BCUT2D eigenvalue weighted by Gasteiger charge is -2.10. The Bertz CT molecular complexity index is 785. The highest BCUT2D eigenvalue weighted by atomic mass is 79.9. The first-order valence-electron chi connectivity index (χ1n) is 6.13. The molecule has 0 spiro atoms. The first-order chi connectivity index (χ1) is 9.61. The number of hydrogen-bond acceptors (Lipinski definition) is 2. The Balaban J connectivity index is 1.96. The van der Waals surface area contributed by atoms with Gasteiger partial charge in [-0.3, -0.25) is 0 Å². The molecule has 3 N–H and O–H groups in total. The van der Waals surface area contributed by atoms with E-state index >= 15 is 0 Å². The number of fused-ring (bicyclic) bond motifs is 1. The zero-order valence-electron chi connectivity index (χ0n) is 10.5. The van der Waals surface area contributed by atoms with Gasteiger partial charge in [-0.2, -0.15) is 0 Å². The number of anilines is 3. The standard InChI is InChI=1S/C16H12Br2N2/c17-12-3-1-11-8-14(5-2-10(11)7-12)20-16-6-4-13(18)9-15(16)19/h1-9,20H,19H2. The lowest BCUT2D eigenvalue weighted by atomic mass is 10.1. The van der Waals surface area contributed by atoms with Gasteiger partial charge in [0.2, 0.25) is 0 Å². The van der Waals surface area contributed by atoms with E-state index in [9.17, 15) is 0 Å². The third-order valence-corrected chi connectivity index (χ3v) is 4.08. The molecule has 0 atom stereocenters. The number of nitrogens with two attached hydrogens (primary N) is 1. The van der Waals surface area contributed by atoms with Crippen LogP contribution in [0.15, 0.2) is 63.5 Å². The van der Waals surface area contributed by atoms with Crippen molar-refractivity contribution < 1.29 is 0 Å². The summed E-state index contributed by atoms with van der Waals surface area (Å²) in [7, 11) is 0. The molecule has 0 unspecified atom stereocenters. The van der Waals surface area contributed by atoms with Gasteiger partial charge in [0, 0.05) is 14.6 Å². The number of halogens is 2. The number of rotatable bonds is 2. The van der Waals surface area contributed by atoms with Crippen LogP contribution >= 0.6 is 31.9 Å². The number of benzene rings is 3. The second-order valence-electron chi connectivity index (χ2n) is 4.56. The summed E-state index contributed by atoms with van der Waals surface area (Å²) in [4.78, 5) is 0. The average Bonchev–Trinajstić information content (AvgIpc) is 2.42. The van der Waals surface area contributed by atoms with Crippen molar-refractivity contribution in [2.75, 3.05) is 11.1 Å². The van der Waals surface area contributed by atoms with Crippen LogP contribution in [0.4, 0.5) is 17.1 Å². The van der Waals surface area contributed by atoms with E-state index in [-0.39, 0.29) is 0 Å². The number of nitrogens with one attached hydrogen (secondary N) is 1. The predicted molar refractivity (Wildman–Crippen MR) is 93.5 cm³/mol. The second kappa shape index (κ2) is 5.46. The SMILES string of the molecule is Nc1cc(Br)ccc1Nc1ccc2cc(Br)ccc2c1. The molecule has 0 saturated heterocycles. The van der Waals surface area contributed by atoms with Gasteiger partial charge < -0.3 is 11.1 Å². The van der Waals surface area contributed by atoms with E-state index in [2.05, 4.69) is 67.5 Å². The fourth-order valence-corrected chi connectivity index (χ4v) is 2.85. The number of hydrogen-bond donors (Lipinski definition) is 2. The van der Waals surface area contributed by atoms with Gasteiger partial charge in [-0.1, -0.05) is 44.0 Å². The maximum atomic E-state index is 6.00. The van der Waals surface area contributed by atoms with E-state index in [1.54, 1.807) is 0 Å². The monoisotopic (exact) mass is 390 g/mol. The summed E-state index contributed by atoms with van der Waals surface area (Å²) < 4.78 is 2.06. The average molecular weight is 392 g/mol. The lowest BCUT2D eigenvalue weighted by molar-refractivity contribution is 1.54. The molecule has 0 radical (unpaired) electrons. The zero-order chi connectivity index (χ0) is 14.1. The summed E-state index contributed by atoms with van der Waals surface area (Å²) in [6.07, 6.45) is 0. The molecule has 3 rings (SSSR count). The van der Waals surface area contributed by atoms with Crippen LogP contribution in [0.2, 0.25) is 0 Å². The van der Waals surface area contributed by atoms with Crippen LogP contribution < -0.4 is 11.1 Å². The summed E-state index contributed by atoms with van der Waals surface area (Å²) in [5.74, 6) is 0. The van der Waals surface area contributed by atoms with E-state index in [0.717, 1.165) is 26.0 Å². The summed E-state index contributed by atoms with van der Waals surface area (Å²) in [6, 6.07) is 18.3. The minimum Gasteiger partial charge on any atom is -0.397 e. The maximum absolute atomic E-state index is 6.00. The summed E-state index contributed by atoms with van der Waals surface area (Å²) >= 11 is 6.89. The highest BCUT2D eigenvalue weighted by molar-refractivity contribution is 9.10. The van der Waals surface area contributed by atoms with Crippen molar-refractivity contribution in [1.82, 2.24) is 0 Å². The smallest absolute Gasteiger partial charge is 0.0618 e. The molecule has 3 aromatic rings. The molecular weight excluding hydrogens is 380 g/mol. The molecule has 4 heteroatoms. The van der Waals surface area contributed by atoms with Crippen molar-refractivity contribution >= 4 is 59.7 Å². The van der Waals surface area contributed by atoms with Crippen LogP contribution in [0.5, 0.6) is 0 Å². The minimum atomic E-state index is 0.718. The molecule has 0 amide bonds. The Labute approximate surface area is 134 Å². The molecule has 0 aliphatic rings. The number of nitrogen functional groups attached to an aromatic ring is 1. The van der Waals surface area contributed by atoms with E-state index in [1.807, 2.05) is 24.3 Å². The van der Waals surface area contributed by atoms with Crippen molar-refractivity contribution in [2.24, 2.45) is 0 Å². The fraction of sp³-hybridized carbons (Fsp3) is 0. The largest absolute Gasteiger partial charge is 0.397 e. The Morgan fingerprint density at radius 2 is 1.40 bits per heavy atom. The summed E-state index contributed by atoms with van der Waals surface area (Å²) in [6.45, 7) is 0. The van der Waals surface area contributed by atoms with Crippen molar-refractivity contribution in [3.63, 3.8) is 0 Å². The minimum absolute atomic E-state index is 0.718. The van der Waals surface area contributed by atoms with Crippen molar-refractivity contribution in [3.8, 4) is 0 Å². The van der Waals surface area contributed by atoms with Gasteiger partial charge >= 0.3 is 0 Å². The zero-order valence-corrected chi connectivity index (χ0v) is 13.7. The summed E-state index contributed by atoms with van der Waals surface area (Å²) in [5.41, 5.74) is 8.65. The molecule has 3 aromatic carbocycles. The Morgan fingerprint density at radius 1 is 0.750 bits per heavy atom. The molecule has 2 nitrogen and oxygen atoms in total. The first kappa shape index (κ1) is 13.5. The van der Waals surface area contributed by atoms with Gasteiger partial charge in [-0.15, -0.1) is 0 Å². The van der Waals surface area contributed by atoms with Gasteiger partial charge in [0.05, 0.1) is 11.4 Å².